The number of carbonyl (C=O) groups excluding carboxylic acids is 1. The second-order valence-electron chi connectivity index (χ2n) is 11.8. The highest BCUT2D eigenvalue weighted by atomic mass is 16.7. The molecule has 12 nitrogen and oxygen atoms in total. The van der Waals surface area contributed by atoms with Gasteiger partial charge >= 0.3 is 11.8 Å². The van der Waals surface area contributed by atoms with E-state index in [0.717, 1.165) is 16.3 Å². The molecule has 0 aliphatic carbocycles. The van der Waals surface area contributed by atoms with Gasteiger partial charge in [-0.05, 0) is 58.8 Å². The number of carbonyl (C=O) groups is 1. The van der Waals surface area contributed by atoms with Crippen molar-refractivity contribution in [1.29, 1.82) is 0 Å². The monoisotopic (exact) mass is 623 g/mol. The van der Waals surface area contributed by atoms with Crippen LogP contribution in [0.4, 0.5) is 4.79 Å². The van der Waals surface area contributed by atoms with E-state index < -0.39 is 11.8 Å². The van der Waals surface area contributed by atoms with E-state index in [9.17, 15) is 19.8 Å². The summed E-state index contributed by atoms with van der Waals surface area (Å²) in [5, 5.41) is 29.2. The Bertz CT molecular complexity index is 1990. The van der Waals surface area contributed by atoms with Crippen molar-refractivity contribution in [2.45, 2.75) is 26.3 Å². The molecular formula is C34H33N5O7. The van der Waals surface area contributed by atoms with Crippen molar-refractivity contribution in [1.82, 2.24) is 24.6 Å². The molecule has 3 heterocycles. The third-order valence-electron chi connectivity index (χ3n) is 8.44. The van der Waals surface area contributed by atoms with Crippen LogP contribution in [0.1, 0.15) is 30.9 Å². The first-order valence-corrected chi connectivity index (χ1v) is 15.1. The van der Waals surface area contributed by atoms with E-state index in [1.807, 2.05) is 62.4 Å². The molecule has 2 aliphatic rings. The second-order valence-corrected chi connectivity index (χ2v) is 11.8. The van der Waals surface area contributed by atoms with Gasteiger partial charge in [-0.2, -0.15) is 5.10 Å². The molecule has 12 heteroatoms. The number of amides is 1. The zero-order chi connectivity index (χ0) is 31.9. The summed E-state index contributed by atoms with van der Waals surface area (Å²) in [6.07, 6.45) is -0.393. The summed E-state index contributed by atoms with van der Waals surface area (Å²) in [7, 11) is 0. The summed E-state index contributed by atoms with van der Waals surface area (Å²) in [5.74, 6) is 1.84. The van der Waals surface area contributed by atoms with Gasteiger partial charge in [0.1, 0.15) is 17.2 Å². The minimum atomic E-state index is -0.445. The first-order valence-electron chi connectivity index (χ1n) is 15.1. The van der Waals surface area contributed by atoms with E-state index in [1.54, 1.807) is 17.0 Å². The molecular weight excluding hydrogens is 590 g/mol. The van der Waals surface area contributed by atoms with Crippen molar-refractivity contribution < 1.29 is 29.2 Å². The first kappa shape index (κ1) is 29.2. The molecule has 3 N–H and O–H groups in total. The Kier molecular flexibility index (Phi) is 7.49. The van der Waals surface area contributed by atoms with E-state index in [2.05, 4.69) is 15.1 Å². The summed E-state index contributed by atoms with van der Waals surface area (Å²) in [4.78, 5) is 29.8. The van der Waals surface area contributed by atoms with Gasteiger partial charge in [0.15, 0.2) is 17.3 Å². The van der Waals surface area contributed by atoms with Crippen LogP contribution in [-0.2, 0) is 6.54 Å². The first-order chi connectivity index (χ1) is 22.2. The number of phenols is 2. The van der Waals surface area contributed by atoms with Gasteiger partial charge < -0.3 is 29.3 Å². The van der Waals surface area contributed by atoms with Gasteiger partial charge in [-0.3, -0.25) is 4.90 Å². The number of phenolic OH excluding ortho intramolecular Hbond substituents is 2. The molecule has 236 valence electrons. The highest BCUT2D eigenvalue weighted by Crippen LogP contribution is 2.40. The number of hydrogen-bond donors (Lipinski definition) is 3. The highest BCUT2D eigenvalue weighted by molar-refractivity contribution is 5.93. The zero-order valence-electron chi connectivity index (χ0n) is 25.4. The van der Waals surface area contributed by atoms with Crippen molar-refractivity contribution in [2.24, 2.45) is 0 Å². The Morgan fingerprint density at radius 3 is 2.43 bits per heavy atom. The summed E-state index contributed by atoms with van der Waals surface area (Å²) in [6, 6.07) is 19.8. The maximum atomic E-state index is 13.1. The predicted octanol–water partition coefficient (Wildman–Crippen LogP) is 4.96. The quantitative estimate of drug-likeness (QED) is 0.239. The zero-order valence-corrected chi connectivity index (χ0v) is 25.4. The van der Waals surface area contributed by atoms with Crippen molar-refractivity contribution in [2.75, 3.05) is 33.0 Å². The number of fused-ring (bicyclic) bond motifs is 2. The molecule has 4 aromatic carbocycles. The number of H-pyrrole nitrogens is 1. The van der Waals surface area contributed by atoms with Crippen molar-refractivity contribution in [3.05, 3.63) is 88.3 Å². The van der Waals surface area contributed by atoms with Crippen LogP contribution in [0.15, 0.2) is 71.5 Å². The van der Waals surface area contributed by atoms with Crippen LogP contribution in [0.25, 0.3) is 27.8 Å². The van der Waals surface area contributed by atoms with Gasteiger partial charge in [-0.1, -0.05) is 38.1 Å². The van der Waals surface area contributed by atoms with Gasteiger partial charge in [0.25, 0.3) is 0 Å². The van der Waals surface area contributed by atoms with E-state index >= 15 is 0 Å². The molecule has 0 atom stereocenters. The lowest BCUT2D eigenvalue weighted by Crippen LogP contribution is -2.49. The predicted molar refractivity (Wildman–Crippen MR) is 170 cm³/mol. The van der Waals surface area contributed by atoms with Gasteiger partial charge in [-0.15, -0.1) is 0 Å². The fraction of sp³-hybridized carbons (Fsp3) is 0.265. The number of hydrogen-bond acceptors (Lipinski definition) is 9. The molecule has 0 spiro atoms. The molecule has 0 bridgehead atoms. The summed E-state index contributed by atoms with van der Waals surface area (Å²) >= 11 is 0. The Morgan fingerprint density at radius 1 is 0.957 bits per heavy atom. The maximum Gasteiger partial charge on any atom is 0.415 e. The minimum absolute atomic E-state index is 0.00132. The molecule has 1 saturated heterocycles. The van der Waals surface area contributed by atoms with Crippen LogP contribution in [0.2, 0.25) is 0 Å². The summed E-state index contributed by atoms with van der Waals surface area (Å²) < 4.78 is 18.2. The molecule has 0 radical (unpaired) electrons. The second kappa shape index (κ2) is 11.8. The number of aromatic nitrogens is 3. The van der Waals surface area contributed by atoms with Gasteiger partial charge in [0, 0.05) is 44.2 Å². The molecule has 2 aliphatic heterocycles. The number of rotatable bonds is 6. The SMILES string of the molecule is CC(C)c1cc(-c2n[nH]c(=O)n2-c2ccc(CN3CCN(C(=O)Oc4cccc5cc6c(cc45)OCO6)CC3)cc2)c(O)cc1O. The van der Waals surface area contributed by atoms with E-state index in [-0.39, 0.29) is 30.0 Å². The number of benzene rings is 4. The fourth-order valence-electron chi connectivity index (χ4n) is 5.94. The van der Waals surface area contributed by atoms with Crippen molar-refractivity contribution in [3.63, 3.8) is 0 Å². The summed E-state index contributed by atoms with van der Waals surface area (Å²) in [6.45, 7) is 7.10. The van der Waals surface area contributed by atoms with Gasteiger partial charge in [-0.25, -0.2) is 19.3 Å². The van der Waals surface area contributed by atoms with Crippen LogP contribution >= 0.6 is 0 Å². The normalized spacial score (nSPS) is 14.7. The van der Waals surface area contributed by atoms with Gasteiger partial charge in [0.05, 0.1) is 11.3 Å². The van der Waals surface area contributed by atoms with E-state index in [0.29, 0.717) is 66.8 Å². The minimum Gasteiger partial charge on any atom is -0.508 e. The molecule has 0 saturated carbocycles. The Hall–Kier alpha value is -5.49. The van der Waals surface area contributed by atoms with Crippen molar-refractivity contribution in [3.8, 4) is 45.8 Å². The highest BCUT2D eigenvalue weighted by Gasteiger charge is 2.25. The molecule has 7 rings (SSSR count). The standard InChI is InChI=1S/C34H33N5O7/c1-20(2)24-15-26(28(41)17-27(24)40)32-35-36-33(42)39(32)23-8-6-21(7-9-23)18-37-10-12-38(13-11-37)34(43)46-29-5-3-4-22-14-30-31(16-25(22)29)45-19-44-30/h3-9,14-17,20,40-41H,10-13,18-19H2,1-2H3,(H,36,42). The van der Waals surface area contributed by atoms with Crippen molar-refractivity contribution >= 4 is 16.9 Å². The average molecular weight is 624 g/mol. The third kappa shape index (κ3) is 5.47. The largest absolute Gasteiger partial charge is 0.508 e. The Balaban J connectivity index is 0.999. The van der Waals surface area contributed by atoms with Crippen LogP contribution in [0.5, 0.6) is 28.7 Å². The van der Waals surface area contributed by atoms with Gasteiger partial charge in [0.2, 0.25) is 6.79 Å². The van der Waals surface area contributed by atoms with Crippen LogP contribution in [-0.4, -0.2) is 73.8 Å². The average Bonchev–Trinajstić information content (AvgIpc) is 3.66. The number of nitrogens with zero attached hydrogens (tertiary/aromatic N) is 4. The van der Waals surface area contributed by atoms with E-state index in [1.165, 1.54) is 10.6 Å². The number of piperazine rings is 1. The van der Waals surface area contributed by atoms with Crippen LogP contribution in [0, 0.1) is 0 Å². The Morgan fingerprint density at radius 2 is 1.70 bits per heavy atom. The molecule has 1 amide bonds. The lowest BCUT2D eigenvalue weighted by Gasteiger charge is -2.34. The molecule has 1 fully saturated rings. The fourth-order valence-corrected chi connectivity index (χ4v) is 5.94. The molecule has 0 unspecified atom stereocenters. The molecule has 46 heavy (non-hydrogen) atoms. The van der Waals surface area contributed by atoms with Crippen LogP contribution in [0.3, 0.4) is 0 Å². The number of ether oxygens (including phenoxy) is 3. The smallest absolute Gasteiger partial charge is 0.415 e. The molecule has 5 aromatic rings. The maximum absolute atomic E-state index is 13.1. The number of aromatic amines is 1. The van der Waals surface area contributed by atoms with Crippen LogP contribution < -0.4 is 19.9 Å². The lowest BCUT2D eigenvalue weighted by molar-refractivity contribution is 0.108. The summed E-state index contributed by atoms with van der Waals surface area (Å²) in [5.41, 5.74) is 2.16. The molecule has 1 aromatic heterocycles. The Labute approximate surface area is 264 Å². The lowest BCUT2D eigenvalue weighted by atomic mass is 9.98. The topological polar surface area (TPSA) is 142 Å². The van der Waals surface area contributed by atoms with E-state index in [4.69, 9.17) is 14.2 Å². The third-order valence-corrected chi connectivity index (χ3v) is 8.44. The number of nitrogens with one attached hydrogen (secondary N) is 1. The number of aromatic hydroxyl groups is 2.